The zero-order chi connectivity index (χ0) is 10.7. The van der Waals surface area contributed by atoms with Gasteiger partial charge in [0.1, 0.15) is 12.0 Å². The van der Waals surface area contributed by atoms with Gasteiger partial charge in [-0.1, -0.05) is 12.1 Å². The van der Waals surface area contributed by atoms with Crippen molar-refractivity contribution in [3.05, 3.63) is 41.8 Å². The molecule has 2 N–H and O–H groups in total. The molecule has 0 saturated heterocycles. The summed E-state index contributed by atoms with van der Waals surface area (Å²) >= 11 is 0. The number of oxazole rings is 1. The fourth-order valence-corrected chi connectivity index (χ4v) is 1.21. The van der Waals surface area contributed by atoms with E-state index < -0.39 is 0 Å². The van der Waals surface area contributed by atoms with Crippen LogP contribution in [0, 0.1) is 6.92 Å². The van der Waals surface area contributed by atoms with Crippen LogP contribution in [0.5, 0.6) is 11.8 Å². The largest absolute Gasteiger partial charge is 0.417 e. The van der Waals surface area contributed by atoms with Crippen molar-refractivity contribution >= 4 is 0 Å². The van der Waals surface area contributed by atoms with Crippen LogP contribution >= 0.6 is 0 Å². The fraction of sp³-hybridized carbons (Fsp3) is 0.182. The van der Waals surface area contributed by atoms with E-state index in [9.17, 15) is 0 Å². The number of rotatable bonds is 3. The Morgan fingerprint density at radius 1 is 1.47 bits per heavy atom. The van der Waals surface area contributed by atoms with Crippen LogP contribution in [0.1, 0.15) is 11.3 Å². The summed E-state index contributed by atoms with van der Waals surface area (Å²) in [5, 5.41) is 0. The Labute approximate surface area is 87.7 Å². The summed E-state index contributed by atoms with van der Waals surface area (Å²) < 4.78 is 10.5. The van der Waals surface area contributed by atoms with Crippen molar-refractivity contribution in [3.63, 3.8) is 0 Å². The van der Waals surface area contributed by atoms with Crippen LogP contribution in [-0.4, -0.2) is 4.98 Å². The summed E-state index contributed by atoms with van der Waals surface area (Å²) in [6, 6.07) is 7.66. The summed E-state index contributed by atoms with van der Waals surface area (Å²) in [5.41, 5.74) is 7.20. The lowest BCUT2D eigenvalue weighted by molar-refractivity contribution is 0.330. The molecule has 4 heteroatoms. The maximum atomic E-state index is 5.41. The van der Waals surface area contributed by atoms with Gasteiger partial charge < -0.3 is 14.9 Å². The van der Waals surface area contributed by atoms with Crippen LogP contribution in [-0.2, 0) is 6.54 Å². The zero-order valence-electron chi connectivity index (χ0n) is 8.43. The smallest absolute Gasteiger partial charge is 0.399 e. The highest BCUT2D eigenvalue weighted by Crippen LogP contribution is 2.21. The highest BCUT2D eigenvalue weighted by molar-refractivity contribution is 5.29. The van der Waals surface area contributed by atoms with Gasteiger partial charge in [0.2, 0.25) is 0 Å². The molecule has 1 heterocycles. The summed E-state index contributed by atoms with van der Waals surface area (Å²) in [6.07, 6.45) is 1.71. The van der Waals surface area contributed by atoms with Crippen LogP contribution < -0.4 is 10.5 Å². The number of aryl methyl sites for hydroxylation is 1. The molecule has 2 aromatic rings. The third-order valence-corrected chi connectivity index (χ3v) is 1.93. The third-order valence-electron chi connectivity index (χ3n) is 1.93. The van der Waals surface area contributed by atoms with Gasteiger partial charge in [-0.2, -0.15) is 4.98 Å². The quantitative estimate of drug-likeness (QED) is 0.832. The van der Waals surface area contributed by atoms with Crippen molar-refractivity contribution in [2.45, 2.75) is 13.5 Å². The average molecular weight is 204 g/mol. The number of ether oxygens (including phenoxy) is 1. The number of benzene rings is 1. The molecule has 0 saturated carbocycles. The van der Waals surface area contributed by atoms with Crippen molar-refractivity contribution in [2.24, 2.45) is 5.73 Å². The number of hydrogen-bond donors (Lipinski definition) is 1. The predicted molar refractivity (Wildman–Crippen MR) is 55.6 cm³/mol. The van der Waals surface area contributed by atoms with E-state index in [-0.39, 0.29) is 6.08 Å². The van der Waals surface area contributed by atoms with Crippen LogP contribution in [0.2, 0.25) is 0 Å². The topological polar surface area (TPSA) is 61.3 Å². The Morgan fingerprint density at radius 3 is 3.00 bits per heavy atom. The molecule has 0 atom stereocenters. The third kappa shape index (κ3) is 2.35. The van der Waals surface area contributed by atoms with E-state index in [1.165, 1.54) is 6.26 Å². The molecule has 0 aliphatic heterocycles. The van der Waals surface area contributed by atoms with Crippen molar-refractivity contribution in [2.75, 3.05) is 0 Å². The van der Waals surface area contributed by atoms with Crippen molar-refractivity contribution in [1.82, 2.24) is 4.98 Å². The first-order valence-electron chi connectivity index (χ1n) is 4.67. The number of aromatic nitrogens is 1. The van der Waals surface area contributed by atoms with E-state index in [4.69, 9.17) is 14.9 Å². The first-order valence-corrected chi connectivity index (χ1v) is 4.67. The Kier molecular flexibility index (Phi) is 2.69. The van der Waals surface area contributed by atoms with Crippen molar-refractivity contribution < 1.29 is 9.15 Å². The number of hydrogen-bond acceptors (Lipinski definition) is 4. The number of nitrogens with zero attached hydrogens (tertiary/aromatic N) is 1. The van der Waals surface area contributed by atoms with Gasteiger partial charge in [0.25, 0.3) is 0 Å². The first-order chi connectivity index (χ1) is 7.28. The minimum Gasteiger partial charge on any atom is -0.417 e. The summed E-state index contributed by atoms with van der Waals surface area (Å²) in [4.78, 5) is 4.04. The molecule has 0 aliphatic carbocycles. The summed E-state index contributed by atoms with van der Waals surface area (Å²) in [6.45, 7) is 2.34. The van der Waals surface area contributed by atoms with E-state index in [2.05, 4.69) is 4.98 Å². The summed E-state index contributed by atoms with van der Waals surface area (Å²) in [5.74, 6) is 0.709. The molecule has 0 fully saturated rings. The van der Waals surface area contributed by atoms with Gasteiger partial charge in [0, 0.05) is 6.54 Å². The van der Waals surface area contributed by atoms with E-state index in [1.54, 1.807) is 0 Å². The Balaban J connectivity index is 2.14. The molecule has 4 nitrogen and oxygen atoms in total. The summed E-state index contributed by atoms with van der Waals surface area (Å²) in [7, 11) is 0. The lowest BCUT2D eigenvalue weighted by atomic mass is 10.2. The molecular formula is C11H12N2O2. The molecule has 15 heavy (non-hydrogen) atoms. The average Bonchev–Trinajstić information content (AvgIpc) is 2.65. The van der Waals surface area contributed by atoms with E-state index in [0.717, 1.165) is 5.56 Å². The minimum atomic E-state index is 0.223. The van der Waals surface area contributed by atoms with Gasteiger partial charge in [-0.25, -0.2) is 0 Å². The Morgan fingerprint density at radius 2 is 2.33 bits per heavy atom. The second-order valence-corrected chi connectivity index (χ2v) is 3.23. The van der Waals surface area contributed by atoms with Crippen LogP contribution in [0.4, 0.5) is 0 Å². The van der Waals surface area contributed by atoms with Gasteiger partial charge in [-0.15, -0.1) is 0 Å². The van der Waals surface area contributed by atoms with Gasteiger partial charge in [-0.3, -0.25) is 0 Å². The van der Waals surface area contributed by atoms with Crippen LogP contribution in [0.15, 0.2) is 34.9 Å². The predicted octanol–water partition coefficient (Wildman–Crippen LogP) is 2.23. The standard InChI is InChI=1S/C11H12N2O2/c1-8-3-2-4-10(5-8)15-11-13-9(6-12)7-14-11/h2-5,7H,6,12H2,1H3. The lowest BCUT2D eigenvalue weighted by Crippen LogP contribution is -1.95. The normalized spacial score (nSPS) is 10.3. The van der Waals surface area contributed by atoms with Gasteiger partial charge >= 0.3 is 6.08 Å². The number of nitrogens with two attached hydrogens (primary N) is 1. The van der Waals surface area contributed by atoms with E-state index >= 15 is 0 Å². The van der Waals surface area contributed by atoms with Gasteiger partial charge in [-0.05, 0) is 24.6 Å². The van der Waals surface area contributed by atoms with Crippen molar-refractivity contribution in [1.29, 1.82) is 0 Å². The van der Waals surface area contributed by atoms with Crippen molar-refractivity contribution in [3.8, 4) is 11.8 Å². The fourth-order valence-electron chi connectivity index (χ4n) is 1.21. The monoisotopic (exact) mass is 204 g/mol. The lowest BCUT2D eigenvalue weighted by Gasteiger charge is -2.00. The molecule has 78 valence electrons. The first kappa shape index (κ1) is 9.73. The zero-order valence-corrected chi connectivity index (χ0v) is 8.43. The van der Waals surface area contributed by atoms with Crippen LogP contribution in [0.25, 0.3) is 0 Å². The second-order valence-electron chi connectivity index (χ2n) is 3.23. The maximum absolute atomic E-state index is 5.41. The van der Waals surface area contributed by atoms with Gasteiger partial charge in [0.15, 0.2) is 0 Å². The molecule has 0 radical (unpaired) electrons. The maximum Gasteiger partial charge on any atom is 0.399 e. The van der Waals surface area contributed by atoms with Gasteiger partial charge in [0.05, 0.1) is 5.69 Å². The molecule has 0 unspecified atom stereocenters. The Hall–Kier alpha value is -1.81. The SMILES string of the molecule is Cc1cccc(Oc2nc(CN)co2)c1. The molecule has 2 rings (SSSR count). The minimum absolute atomic E-state index is 0.223. The van der Waals surface area contributed by atoms with E-state index in [0.29, 0.717) is 18.0 Å². The second kappa shape index (κ2) is 4.14. The highest BCUT2D eigenvalue weighted by atomic mass is 16.6. The molecular weight excluding hydrogens is 192 g/mol. The Bertz CT molecular complexity index is 451. The molecule has 0 aliphatic rings. The molecule has 0 bridgehead atoms. The molecule has 1 aromatic carbocycles. The molecule has 0 amide bonds. The molecule has 1 aromatic heterocycles. The van der Waals surface area contributed by atoms with E-state index in [1.807, 2.05) is 31.2 Å². The molecule has 0 spiro atoms. The highest BCUT2D eigenvalue weighted by Gasteiger charge is 2.04. The van der Waals surface area contributed by atoms with Crippen LogP contribution in [0.3, 0.4) is 0 Å².